The van der Waals surface area contributed by atoms with Gasteiger partial charge in [-0.1, -0.05) is 12.1 Å². The minimum absolute atomic E-state index is 0.141. The van der Waals surface area contributed by atoms with Gasteiger partial charge in [-0.2, -0.15) is 4.98 Å². The van der Waals surface area contributed by atoms with Gasteiger partial charge in [-0.05, 0) is 81.9 Å². The molecule has 2 atom stereocenters. The molecular weight excluding hydrogens is 458 g/mol. The van der Waals surface area contributed by atoms with E-state index in [1.165, 1.54) is 0 Å². The zero-order valence-corrected chi connectivity index (χ0v) is 21.0. The van der Waals surface area contributed by atoms with Gasteiger partial charge in [0.15, 0.2) is 0 Å². The van der Waals surface area contributed by atoms with E-state index in [0.717, 1.165) is 44.2 Å². The summed E-state index contributed by atoms with van der Waals surface area (Å²) in [5.41, 5.74) is 0.542. The lowest BCUT2D eigenvalue weighted by molar-refractivity contribution is -0.0450. The Kier molecular flexibility index (Phi) is 6.83. The number of carbonyl (C=O) groups is 2. The summed E-state index contributed by atoms with van der Waals surface area (Å²) in [5.74, 6) is 1.70. The summed E-state index contributed by atoms with van der Waals surface area (Å²) in [5, 5.41) is 9.73. The van der Waals surface area contributed by atoms with E-state index in [4.69, 9.17) is 9.47 Å². The largest absolute Gasteiger partial charge is 0.414 e. The normalized spacial score (nSPS) is 27.9. The number of rotatable bonds is 9. The first-order valence-electron chi connectivity index (χ1n) is 12.8. The van der Waals surface area contributed by atoms with Gasteiger partial charge in [-0.15, -0.1) is 0 Å². The van der Waals surface area contributed by atoms with Gasteiger partial charge in [0.25, 0.3) is 5.91 Å². The lowest BCUT2D eigenvalue weighted by atomic mass is 9.50. The van der Waals surface area contributed by atoms with E-state index in [1.54, 1.807) is 19.2 Å². The fourth-order valence-corrected chi connectivity index (χ4v) is 6.87. The number of nitrogens with one attached hydrogen (secondary N) is 3. The van der Waals surface area contributed by atoms with Gasteiger partial charge in [0.05, 0.1) is 0 Å². The van der Waals surface area contributed by atoms with Crippen molar-refractivity contribution in [2.45, 2.75) is 62.9 Å². The molecule has 9 nitrogen and oxygen atoms in total. The first-order valence-corrected chi connectivity index (χ1v) is 12.8. The van der Waals surface area contributed by atoms with Crippen LogP contribution in [0.1, 0.15) is 61.1 Å². The molecule has 2 amide bonds. The second-order valence-electron chi connectivity index (χ2n) is 10.8. The van der Waals surface area contributed by atoms with Gasteiger partial charge in [0.1, 0.15) is 11.5 Å². The maximum Gasteiger partial charge on any atom is 0.414 e. The van der Waals surface area contributed by atoms with Crippen molar-refractivity contribution in [1.82, 2.24) is 20.6 Å². The second kappa shape index (κ2) is 10.0. The fraction of sp³-hybridized carbons (Fsp3) is 0.556. The monoisotopic (exact) mass is 493 g/mol. The minimum atomic E-state index is -0.497. The van der Waals surface area contributed by atoms with Gasteiger partial charge >= 0.3 is 6.09 Å². The number of hydrogen-bond acceptors (Lipinski definition) is 7. The highest BCUT2D eigenvalue weighted by Gasteiger charge is 2.59. The predicted octanol–water partition coefficient (Wildman–Crippen LogP) is 3.84. The molecule has 192 valence electrons. The number of anilines is 1. The van der Waals surface area contributed by atoms with Crippen LogP contribution in [0.4, 0.5) is 10.6 Å². The summed E-state index contributed by atoms with van der Waals surface area (Å²) in [7, 11) is 1.67. The maximum atomic E-state index is 13.1. The zero-order chi connectivity index (χ0) is 25.2. The summed E-state index contributed by atoms with van der Waals surface area (Å²) < 4.78 is 10.7. The van der Waals surface area contributed by atoms with Crippen molar-refractivity contribution in [1.29, 1.82) is 0 Å². The number of pyridine rings is 2. The Hall–Kier alpha value is -3.20. The highest BCUT2D eigenvalue weighted by atomic mass is 16.6. The minimum Gasteiger partial charge on any atom is -0.391 e. The molecule has 2 heterocycles. The zero-order valence-electron chi connectivity index (χ0n) is 21.0. The number of methoxy groups -OCH3 is 1. The summed E-state index contributed by atoms with van der Waals surface area (Å²) in [6, 6.07) is 10.8. The molecule has 4 aliphatic carbocycles. The number of ether oxygens (including phenoxy) is 2. The van der Waals surface area contributed by atoms with Crippen LogP contribution in [0.3, 0.4) is 0 Å². The second-order valence-corrected chi connectivity index (χ2v) is 10.8. The van der Waals surface area contributed by atoms with Crippen molar-refractivity contribution < 1.29 is 19.1 Å². The number of amides is 2. The van der Waals surface area contributed by atoms with Crippen molar-refractivity contribution in [3.63, 3.8) is 0 Å². The molecule has 2 unspecified atom stereocenters. The topological polar surface area (TPSA) is 114 Å². The first-order chi connectivity index (χ1) is 17.4. The quantitative estimate of drug-likeness (QED) is 0.455. The standard InChI is InChI=1S/C27H35N5O4/c1-18-6-3-7-21(29-18)24(33)31-26-13-19-12-20(14-26)16-27(15-19,17-26)32-25(34)36-23-9-4-8-22(30-23)28-10-5-11-35-2/h3-4,6-9,19-20H,5,10-17H2,1-2H3,(H,28,30)(H,31,33)(H,32,34). The molecule has 36 heavy (non-hydrogen) atoms. The van der Waals surface area contributed by atoms with Crippen LogP contribution in [0.25, 0.3) is 0 Å². The van der Waals surface area contributed by atoms with Crippen molar-refractivity contribution in [2.24, 2.45) is 11.8 Å². The van der Waals surface area contributed by atoms with Crippen LogP contribution in [0.2, 0.25) is 0 Å². The van der Waals surface area contributed by atoms with E-state index in [1.807, 2.05) is 31.2 Å². The smallest absolute Gasteiger partial charge is 0.391 e. The Labute approximate surface area is 211 Å². The molecule has 6 rings (SSSR count). The lowest BCUT2D eigenvalue weighted by Gasteiger charge is -2.61. The fourth-order valence-electron chi connectivity index (χ4n) is 6.87. The summed E-state index contributed by atoms with van der Waals surface area (Å²) in [6.07, 6.45) is 5.91. The number of aromatic nitrogens is 2. The van der Waals surface area contributed by atoms with Crippen molar-refractivity contribution in [3.05, 3.63) is 47.8 Å². The van der Waals surface area contributed by atoms with Crippen LogP contribution in [-0.2, 0) is 4.74 Å². The summed E-state index contributed by atoms with van der Waals surface area (Å²) in [4.78, 5) is 34.9. The number of carbonyl (C=O) groups excluding carboxylic acids is 2. The van der Waals surface area contributed by atoms with Crippen LogP contribution < -0.4 is 20.7 Å². The summed E-state index contributed by atoms with van der Waals surface area (Å²) in [6.45, 7) is 3.27. The maximum absolute atomic E-state index is 13.1. The number of aryl methyl sites for hydroxylation is 1. The van der Waals surface area contributed by atoms with Gasteiger partial charge in [0.2, 0.25) is 5.88 Å². The molecule has 4 fully saturated rings. The number of nitrogens with zero attached hydrogens (tertiary/aromatic N) is 2. The van der Waals surface area contributed by atoms with Gasteiger partial charge < -0.3 is 25.4 Å². The van der Waals surface area contributed by atoms with Gasteiger partial charge in [0, 0.05) is 43.1 Å². The molecule has 2 aromatic rings. The van der Waals surface area contributed by atoms with Crippen LogP contribution in [0, 0.1) is 18.8 Å². The third kappa shape index (κ3) is 5.46. The predicted molar refractivity (Wildman–Crippen MR) is 135 cm³/mol. The molecule has 0 spiro atoms. The van der Waals surface area contributed by atoms with E-state index < -0.39 is 6.09 Å². The molecule has 4 aliphatic rings. The lowest BCUT2D eigenvalue weighted by Crippen LogP contribution is -2.70. The first kappa shape index (κ1) is 24.5. The average Bonchev–Trinajstić information content (AvgIpc) is 2.80. The van der Waals surface area contributed by atoms with E-state index in [0.29, 0.717) is 42.9 Å². The Bertz CT molecular complexity index is 1110. The summed E-state index contributed by atoms with van der Waals surface area (Å²) >= 11 is 0. The van der Waals surface area contributed by atoms with Crippen LogP contribution in [0.15, 0.2) is 36.4 Å². The number of hydrogen-bond donors (Lipinski definition) is 3. The van der Waals surface area contributed by atoms with E-state index in [9.17, 15) is 9.59 Å². The molecular formula is C27H35N5O4. The molecule has 9 heteroatoms. The third-order valence-corrected chi connectivity index (χ3v) is 7.68. The van der Waals surface area contributed by atoms with Gasteiger partial charge in [-0.3, -0.25) is 4.79 Å². The third-order valence-electron chi connectivity index (χ3n) is 7.68. The molecule has 0 saturated heterocycles. The van der Waals surface area contributed by atoms with E-state index >= 15 is 0 Å². The van der Waals surface area contributed by atoms with Crippen molar-refractivity contribution in [2.75, 3.05) is 25.6 Å². The highest BCUT2D eigenvalue weighted by Crippen LogP contribution is 2.57. The van der Waals surface area contributed by atoms with Crippen LogP contribution in [0.5, 0.6) is 5.88 Å². The van der Waals surface area contributed by atoms with E-state index in [-0.39, 0.29) is 22.9 Å². The van der Waals surface area contributed by atoms with Crippen LogP contribution >= 0.6 is 0 Å². The Morgan fingerprint density at radius 2 is 1.72 bits per heavy atom. The molecule has 4 bridgehead atoms. The van der Waals surface area contributed by atoms with Crippen LogP contribution in [-0.4, -0.2) is 53.3 Å². The Morgan fingerprint density at radius 1 is 1.00 bits per heavy atom. The highest BCUT2D eigenvalue weighted by molar-refractivity contribution is 5.92. The average molecular weight is 494 g/mol. The molecule has 0 aromatic carbocycles. The molecule has 0 radical (unpaired) electrons. The Balaban J connectivity index is 1.24. The molecule has 3 N–H and O–H groups in total. The van der Waals surface area contributed by atoms with Crippen molar-refractivity contribution in [3.8, 4) is 5.88 Å². The molecule has 4 saturated carbocycles. The molecule has 2 aromatic heterocycles. The van der Waals surface area contributed by atoms with Gasteiger partial charge in [-0.25, -0.2) is 9.78 Å². The SMILES string of the molecule is COCCCNc1cccc(OC(=O)NC23CC4CC(C2)CC(NC(=O)c2cccc(C)n2)(C4)C3)n1. The van der Waals surface area contributed by atoms with Crippen molar-refractivity contribution >= 4 is 17.8 Å². The van der Waals surface area contributed by atoms with E-state index in [2.05, 4.69) is 25.9 Å². The Morgan fingerprint density at radius 3 is 2.44 bits per heavy atom. The molecule has 0 aliphatic heterocycles.